The summed E-state index contributed by atoms with van der Waals surface area (Å²) in [5.74, 6) is -0.618. The summed E-state index contributed by atoms with van der Waals surface area (Å²) in [6.45, 7) is 7.53. The number of likely N-dealkylation sites (tertiary alicyclic amines) is 1. The Morgan fingerprint density at radius 1 is 1.61 bits per heavy atom. The van der Waals surface area contributed by atoms with Gasteiger partial charge in [-0.05, 0) is 12.3 Å². The van der Waals surface area contributed by atoms with Crippen molar-refractivity contribution in [3.8, 4) is 0 Å². The van der Waals surface area contributed by atoms with Gasteiger partial charge in [-0.25, -0.2) is 0 Å². The number of aliphatic carboxylic acids is 1. The molecule has 1 aromatic heterocycles. The third-order valence-electron chi connectivity index (χ3n) is 3.63. The first-order valence-electron chi connectivity index (χ1n) is 6.56. The second-order valence-electron chi connectivity index (χ2n) is 5.19. The molecule has 0 spiro atoms. The minimum Gasteiger partial charge on any atom is -0.481 e. The Hall–Kier alpha value is -1.36. The lowest BCUT2D eigenvalue weighted by Crippen LogP contribution is -2.50. The summed E-state index contributed by atoms with van der Waals surface area (Å²) < 4.78 is 1.96. The summed E-state index contributed by atoms with van der Waals surface area (Å²) in [6, 6.07) is 0. The van der Waals surface area contributed by atoms with Crippen LogP contribution in [0.5, 0.6) is 0 Å². The van der Waals surface area contributed by atoms with Crippen LogP contribution in [0.15, 0.2) is 12.4 Å². The number of nitrogens with zero attached hydrogens (tertiary/aromatic N) is 3. The second-order valence-corrected chi connectivity index (χ2v) is 5.19. The van der Waals surface area contributed by atoms with Crippen LogP contribution in [0, 0.1) is 11.8 Å². The molecule has 1 aliphatic rings. The van der Waals surface area contributed by atoms with Gasteiger partial charge in [0.05, 0.1) is 12.1 Å². The molecule has 2 rings (SSSR count). The number of aromatic nitrogens is 2. The van der Waals surface area contributed by atoms with E-state index in [0.717, 1.165) is 32.6 Å². The zero-order valence-electron chi connectivity index (χ0n) is 11.0. The van der Waals surface area contributed by atoms with Gasteiger partial charge in [-0.2, -0.15) is 5.10 Å². The van der Waals surface area contributed by atoms with Crippen molar-refractivity contribution in [3.05, 3.63) is 18.0 Å². The van der Waals surface area contributed by atoms with Gasteiger partial charge in [0.25, 0.3) is 0 Å². The Morgan fingerprint density at radius 3 is 2.94 bits per heavy atom. The first kappa shape index (κ1) is 13.1. The van der Waals surface area contributed by atoms with Gasteiger partial charge < -0.3 is 5.11 Å². The molecule has 2 heterocycles. The molecular weight excluding hydrogens is 230 g/mol. The molecule has 0 amide bonds. The third kappa shape index (κ3) is 2.90. The summed E-state index contributed by atoms with van der Waals surface area (Å²) in [4.78, 5) is 13.1. The number of hydrogen-bond donors (Lipinski definition) is 1. The molecule has 1 N–H and O–H groups in total. The van der Waals surface area contributed by atoms with Crippen molar-refractivity contribution in [2.24, 2.45) is 11.8 Å². The summed E-state index contributed by atoms with van der Waals surface area (Å²) in [6.07, 6.45) is 5.07. The van der Waals surface area contributed by atoms with Crippen LogP contribution >= 0.6 is 0 Å². The molecule has 0 aliphatic carbocycles. The Labute approximate surface area is 107 Å². The van der Waals surface area contributed by atoms with E-state index in [2.05, 4.69) is 23.1 Å². The van der Waals surface area contributed by atoms with E-state index in [1.807, 2.05) is 10.9 Å². The van der Waals surface area contributed by atoms with E-state index >= 15 is 0 Å². The minimum atomic E-state index is -0.685. The Morgan fingerprint density at radius 2 is 2.33 bits per heavy atom. The van der Waals surface area contributed by atoms with Crippen molar-refractivity contribution in [1.82, 2.24) is 14.7 Å². The summed E-state index contributed by atoms with van der Waals surface area (Å²) >= 11 is 0. The lowest BCUT2D eigenvalue weighted by atomic mass is 9.87. The highest BCUT2D eigenvalue weighted by Gasteiger charge is 2.34. The van der Waals surface area contributed by atoms with Crippen LogP contribution in [0.4, 0.5) is 0 Å². The maximum atomic E-state index is 10.8. The zero-order valence-corrected chi connectivity index (χ0v) is 11.0. The van der Waals surface area contributed by atoms with Crippen molar-refractivity contribution in [2.45, 2.75) is 33.4 Å². The number of carbonyl (C=O) groups is 1. The normalized spacial score (nSPS) is 18.6. The Balaban J connectivity index is 1.77. The van der Waals surface area contributed by atoms with Gasteiger partial charge in [0.2, 0.25) is 0 Å². The standard InChI is InChI=1S/C13H21N3O2/c1-3-4-16-7-11(5-14-16)6-15-8-12(9-15)10(2)13(17)18/h5,7,10,12H,3-4,6,8-9H2,1-2H3,(H,17,18). The molecule has 0 saturated carbocycles. The maximum Gasteiger partial charge on any atom is 0.306 e. The molecular formula is C13H21N3O2. The summed E-state index contributed by atoms with van der Waals surface area (Å²) in [5, 5.41) is 13.2. The molecule has 1 unspecified atom stereocenters. The maximum absolute atomic E-state index is 10.8. The number of carboxylic acid groups (broad SMARTS) is 1. The molecule has 5 nitrogen and oxygen atoms in total. The van der Waals surface area contributed by atoms with Crippen molar-refractivity contribution in [3.63, 3.8) is 0 Å². The molecule has 18 heavy (non-hydrogen) atoms. The van der Waals surface area contributed by atoms with E-state index in [1.54, 1.807) is 6.92 Å². The van der Waals surface area contributed by atoms with Gasteiger partial charge in [-0.15, -0.1) is 0 Å². The van der Waals surface area contributed by atoms with E-state index in [9.17, 15) is 4.79 Å². The molecule has 100 valence electrons. The van der Waals surface area contributed by atoms with Crippen LogP contribution in [-0.4, -0.2) is 38.8 Å². The fourth-order valence-corrected chi connectivity index (χ4v) is 2.35. The van der Waals surface area contributed by atoms with Gasteiger partial charge in [0.1, 0.15) is 0 Å². The average molecular weight is 251 g/mol. The van der Waals surface area contributed by atoms with Crippen molar-refractivity contribution in [2.75, 3.05) is 13.1 Å². The van der Waals surface area contributed by atoms with Crippen molar-refractivity contribution in [1.29, 1.82) is 0 Å². The van der Waals surface area contributed by atoms with E-state index in [1.165, 1.54) is 5.56 Å². The Kier molecular flexibility index (Phi) is 4.01. The van der Waals surface area contributed by atoms with Crippen LogP contribution in [-0.2, 0) is 17.9 Å². The quantitative estimate of drug-likeness (QED) is 0.831. The molecule has 1 saturated heterocycles. The SMILES string of the molecule is CCCn1cc(CN2CC(C(C)C(=O)O)C2)cn1. The van der Waals surface area contributed by atoms with Gasteiger partial charge in [0.15, 0.2) is 0 Å². The molecule has 1 aromatic rings. The van der Waals surface area contributed by atoms with E-state index in [-0.39, 0.29) is 5.92 Å². The molecule has 0 bridgehead atoms. The van der Waals surface area contributed by atoms with Crippen molar-refractivity contribution < 1.29 is 9.90 Å². The predicted molar refractivity (Wildman–Crippen MR) is 68.1 cm³/mol. The van der Waals surface area contributed by atoms with E-state index < -0.39 is 5.97 Å². The van der Waals surface area contributed by atoms with Crippen LogP contribution in [0.1, 0.15) is 25.8 Å². The number of carboxylic acids is 1. The Bertz CT molecular complexity index is 410. The third-order valence-corrected chi connectivity index (χ3v) is 3.63. The minimum absolute atomic E-state index is 0.232. The van der Waals surface area contributed by atoms with Crippen LogP contribution in [0.3, 0.4) is 0 Å². The fraction of sp³-hybridized carbons (Fsp3) is 0.692. The highest BCUT2D eigenvalue weighted by Crippen LogP contribution is 2.25. The highest BCUT2D eigenvalue weighted by molar-refractivity contribution is 5.70. The summed E-state index contributed by atoms with van der Waals surface area (Å²) in [7, 11) is 0. The first-order chi connectivity index (χ1) is 8.60. The largest absolute Gasteiger partial charge is 0.481 e. The van der Waals surface area contributed by atoms with E-state index in [0.29, 0.717) is 5.92 Å². The fourth-order valence-electron chi connectivity index (χ4n) is 2.35. The second kappa shape index (κ2) is 5.52. The molecule has 0 radical (unpaired) electrons. The highest BCUT2D eigenvalue weighted by atomic mass is 16.4. The number of hydrogen-bond acceptors (Lipinski definition) is 3. The monoisotopic (exact) mass is 251 g/mol. The lowest BCUT2D eigenvalue weighted by molar-refractivity contribution is -0.145. The molecule has 5 heteroatoms. The predicted octanol–water partition coefficient (Wildman–Crippen LogP) is 1.45. The number of aryl methyl sites for hydroxylation is 1. The average Bonchev–Trinajstić information content (AvgIpc) is 2.70. The zero-order chi connectivity index (χ0) is 13.1. The molecule has 1 aliphatic heterocycles. The summed E-state index contributed by atoms with van der Waals surface area (Å²) in [5.41, 5.74) is 1.21. The van der Waals surface area contributed by atoms with Gasteiger partial charge in [0, 0.05) is 37.9 Å². The number of rotatable bonds is 6. The smallest absolute Gasteiger partial charge is 0.306 e. The van der Waals surface area contributed by atoms with E-state index in [4.69, 9.17) is 5.11 Å². The van der Waals surface area contributed by atoms with Crippen LogP contribution in [0.25, 0.3) is 0 Å². The van der Waals surface area contributed by atoms with Gasteiger partial charge >= 0.3 is 5.97 Å². The van der Waals surface area contributed by atoms with Crippen LogP contribution in [0.2, 0.25) is 0 Å². The van der Waals surface area contributed by atoms with Crippen molar-refractivity contribution >= 4 is 5.97 Å². The van der Waals surface area contributed by atoms with Crippen LogP contribution < -0.4 is 0 Å². The molecule has 1 fully saturated rings. The topological polar surface area (TPSA) is 58.4 Å². The lowest BCUT2D eigenvalue weighted by Gasteiger charge is -2.41. The first-order valence-corrected chi connectivity index (χ1v) is 6.56. The van der Waals surface area contributed by atoms with Gasteiger partial charge in [-0.1, -0.05) is 13.8 Å². The molecule has 1 atom stereocenters. The van der Waals surface area contributed by atoms with Gasteiger partial charge in [-0.3, -0.25) is 14.4 Å². The molecule has 0 aromatic carbocycles.